The van der Waals surface area contributed by atoms with Crippen molar-refractivity contribution < 1.29 is 9.31 Å². The van der Waals surface area contributed by atoms with Gasteiger partial charge >= 0.3 is 0 Å². The molecule has 3 aromatic rings. The van der Waals surface area contributed by atoms with E-state index in [4.69, 9.17) is 0 Å². The van der Waals surface area contributed by atoms with E-state index in [1.54, 1.807) is 24.3 Å². The summed E-state index contributed by atoms with van der Waals surface area (Å²) >= 11 is 0. The highest BCUT2D eigenvalue weighted by Gasteiger charge is 2.27. The molecule has 0 fully saturated rings. The van der Waals surface area contributed by atoms with Crippen molar-refractivity contribution in [3.8, 4) is 11.3 Å². The first-order valence-corrected chi connectivity index (χ1v) is 7.72. The molecular weight excluding hydrogens is 323 g/mol. The Morgan fingerprint density at radius 2 is 1.80 bits per heavy atom. The van der Waals surface area contributed by atoms with Crippen LogP contribution in [0.4, 0.5) is 15.9 Å². The van der Waals surface area contributed by atoms with Gasteiger partial charge in [-0.15, -0.1) is 0 Å². The number of aromatic nitrogens is 2. The number of non-ortho nitro benzene ring substituents is 1. The van der Waals surface area contributed by atoms with E-state index < -0.39 is 4.92 Å². The summed E-state index contributed by atoms with van der Waals surface area (Å²) in [6.07, 6.45) is 2.13. The van der Waals surface area contributed by atoms with Gasteiger partial charge in [-0.2, -0.15) is 0 Å². The summed E-state index contributed by atoms with van der Waals surface area (Å²) in [5, 5.41) is 14.1. The Labute approximate surface area is 142 Å². The highest BCUT2D eigenvalue weighted by Crippen LogP contribution is 2.37. The fraction of sp³-hybridized carbons (Fsp3) is 0.111. The van der Waals surface area contributed by atoms with Crippen molar-refractivity contribution in [2.45, 2.75) is 12.5 Å². The molecule has 6 nitrogen and oxygen atoms in total. The van der Waals surface area contributed by atoms with Crippen molar-refractivity contribution in [3.63, 3.8) is 0 Å². The first-order valence-electron chi connectivity index (χ1n) is 7.72. The van der Waals surface area contributed by atoms with E-state index in [0.29, 0.717) is 6.42 Å². The van der Waals surface area contributed by atoms with Crippen LogP contribution in [0.5, 0.6) is 0 Å². The lowest BCUT2D eigenvalue weighted by atomic mass is 9.99. The molecule has 124 valence electrons. The summed E-state index contributed by atoms with van der Waals surface area (Å²) in [6.45, 7) is 0. The van der Waals surface area contributed by atoms with Crippen molar-refractivity contribution in [2.75, 3.05) is 5.32 Å². The molecule has 1 aliphatic heterocycles. The van der Waals surface area contributed by atoms with Crippen molar-refractivity contribution in [2.24, 2.45) is 0 Å². The third kappa shape index (κ3) is 2.80. The number of benzene rings is 2. The third-order valence-electron chi connectivity index (χ3n) is 4.29. The average molecular weight is 336 g/mol. The molecule has 2 aromatic carbocycles. The van der Waals surface area contributed by atoms with Gasteiger partial charge in [-0.05, 0) is 29.8 Å². The molecule has 0 saturated carbocycles. The molecule has 1 aromatic heterocycles. The summed E-state index contributed by atoms with van der Waals surface area (Å²) in [5.74, 6) is 0.439. The Morgan fingerprint density at radius 3 is 2.48 bits per heavy atom. The van der Waals surface area contributed by atoms with Crippen LogP contribution in [0.3, 0.4) is 0 Å². The maximum atomic E-state index is 13.2. The molecule has 0 spiro atoms. The minimum Gasteiger partial charge on any atom is -0.363 e. The van der Waals surface area contributed by atoms with Crippen LogP contribution < -0.4 is 5.32 Å². The number of nitrogens with zero attached hydrogens (tertiary/aromatic N) is 3. The second-order valence-electron chi connectivity index (χ2n) is 5.81. The molecule has 7 heteroatoms. The second-order valence-corrected chi connectivity index (χ2v) is 5.81. The minimum absolute atomic E-state index is 0.0355. The number of hydrogen-bond acceptors (Lipinski definition) is 5. The lowest BCUT2D eigenvalue weighted by Crippen LogP contribution is -2.06. The highest BCUT2D eigenvalue weighted by molar-refractivity contribution is 5.70. The lowest BCUT2D eigenvalue weighted by molar-refractivity contribution is -0.384. The quantitative estimate of drug-likeness (QED) is 0.579. The highest BCUT2D eigenvalue weighted by atomic mass is 19.1. The molecule has 1 N–H and O–H groups in total. The standard InChI is InChI=1S/C18H13FN4O2/c19-13-5-1-12(2-6-13)17-15-9-16(22-18(15)21-10-20-17)11-3-7-14(8-4-11)23(24)25/h1-8,10,16H,9H2,(H,20,21,22). The zero-order valence-corrected chi connectivity index (χ0v) is 13.0. The zero-order chi connectivity index (χ0) is 17.4. The maximum Gasteiger partial charge on any atom is 0.269 e. The van der Waals surface area contributed by atoms with E-state index in [-0.39, 0.29) is 17.5 Å². The number of nitro groups is 1. The van der Waals surface area contributed by atoms with E-state index in [0.717, 1.165) is 28.2 Å². The monoisotopic (exact) mass is 336 g/mol. The van der Waals surface area contributed by atoms with Crippen LogP contribution in [0.2, 0.25) is 0 Å². The van der Waals surface area contributed by atoms with E-state index in [2.05, 4.69) is 15.3 Å². The summed E-state index contributed by atoms with van der Waals surface area (Å²) in [6, 6.07) is 12.6. The maximum absolute atomic E-state index is 13.2. The van der Waals surface area contributed by atoms with Crippen LogP contribution in [0.1, 0.15) is 17.2 Å². The van der Waals surface area contributed by atoms with Gasteiger partial charge in [0.2, 0.25) is 0 Å². The van der Waals surface area contributed by atoms with Crippen molar-refractivity contribution in [1.29, 1.82) is 0 Å². The average Bonchev–Trinajstić information content (AvgIpc) is 3.07. The molecule has 0 amide bonds. The topological polar surface area (TPSA) is 81.0 Å². The normalized spacial score (nSPS) is 15.5. The molecule has 25 heavy (non-hydrogen) atoms. The van der Waals surface area contributed by atoms with Crippen molar-refractivity contribution in [3.05, 3.63) is 81.9 Å². The predicted molar refractivity (Wildman–Crippen MR) is 90.6 cm³/mol. The van der Waals surface area contributed by atoms with Crippen molar-refractivity contribution >= 4 is 11.5 Å². The summed E-state index contributed by atoms with van der Waals surface area (Å²) in [7, 11) is 0. The Kier molecular flexibility index (Phi) is 3.61. The van der Waals surface area contributed by atoms with E-state index in [9.17, 15) is 14.5 Å². The molecule has 2 heterocycles. The number of anilines is 1. The van der Waals surface area contributed by atoms with Crippen LogP contribution in [0.15, 0.2) is 54.9 Å². The van der Waals surface area contributed by atoms with Crippen LogP contribution >= 0.6 is 0 Å². The SMILES string of the molecule is O=[N+]([O-])c1ccc(C2Cc3c(ncnc3-c3ccc(F)cc3)N2)cc1. The van der Waals surface area contributed by atoms with Crippen LogP contribution in [0.25, 0.3) is 11.3 Å². The van der Waals surface area contributed by atoms with Gasteiger partial charge in [-0.25, -0.2) is 14.4 Å². The molecule has 1 unspecified atom stereocenters. The largest absolute Gasteiger partial charge is 0.363 e. The van der Waals surface area contributed by atoms with Gasteiger partial charge in [0.1, 0.15) is 18.0 Å². The molecular formula is C18H13FN4O2. The summed E-state index contributed by atoms with van der Waals surface area (Å²) in [4.78, 5) is 19.0. The van der Waals surface area contributed by atoms with Crippen LogP contribution in [-0.4, -0.2) is 14.9 Å². The molecule has 4 rings (SSSR count). The molecule has 1 atom stereocenters. The smallest absolute Gasteiger partial charge is 0.269 e. The fourth-order valence-electron chi connectivity index (χ4n) is 3.04. The van der Waals surface area contributed by atoms with E-state index in [1.807, 2.05) is 0 Å². The fourth-order valence-corrected chi connectivity index (χ4v) is 3.04. The number of nitrogens with one attached hydrogen (secondary N) is 1. The predicted octanol–water partition coefficient (Wildman–Crippen LogP) is 3.90. The van der Waals surface area contributed by atoms with Crippen LogP contribution in [0, 0.1) is 15.9 Å². The van der Waals surface area contributed by atoms with Gasteiger partial charge < -0.3 is 5.32 Å². The van der Waals surface area contributed by atoms with E-state index >= 15 is 0 Å². The lowest BCUT2D eigenvalue weighted by Gasteiger charge is -2.10. The number of halogens is 1. The van der Waals surface area contributed by atoms with Gasteiger partial charge in [-0.3, -0.25) is 10.1 Å². The Bertz CT molecular complexity index is 942. The molecule has 0 radical (unpaired) electrons. The second kappa shape index (κ2) is 5.94. The first kappa shape index (κ1) is 15.2. The third-order valence-corrected chi connectivity index (χ3v) is 4.29. The summed E-state index contributed by atoms with van der Waals surface area (Å²) < 4.78 is 13.2. The van der Waals surface area contributed by atoms with Gasteiger partial charge in [-0.1, -0.05) is 12.1 Å². The molecule has 0 saturated heterocycles. The Balaban J connectivity index is 1.65. The Hall–Kier alpha value is -3.35. The Morgan fingerprint density at radius 1 is 1.08 bits per heavy atom. The minimum atomic E-state index is -0.418. The zero-order valence-electron chi connectivity index (χ0n) is 13.0. The molecule has 1 aliphatic rings. The first-order chi connectivity index (χ1) is 12.1. The number of rotatable bonds is 3. The summed E-state index contributed by atoms with van der Waals surface area (Å²) in [5.41, 5.74) is 3.55. The van der Waals surface area contributed by atoms with Gasteiger partial charge in [0, 0.05) is 29.7 Å². The molecule has 0 bridgehead atoms. The van der Waals surface area contributed by atoms with Gasteiger partial charge in [0.05, 0.1) is 16.7 Å². The number of nitro benzene ring substituents is 1. The van der Waals surface area contributed by atoms with Gasteiger partial charge in [0.25, 0.3) is 5.69 Å². The molecule has 0 aliphatic carbocycles. The van der Waals surface area contributed by atoms with Crippen molar-refractivity contribution in [1.82, 2.24) is 9.97 Å². The van der Waals surface area contributed by atoms with Gasteiger partial charge in [0.15, 0.2) is 0 Å². The number of fused-ring (bicyclic) bond motifs is 1. The van der Waals surface area contributed by atoms with Crippen LogP contribution in [-0.2, 0) is 6.42 Å². The number of hydrogen-bond donors (Lipinski definition) is 1. The van der Waals surface area contributed by atoms with E-state index in [1.165, 1.54) is 30.6 Å².